The summed E-state index contributed by atoms with van der Waals surface area (Å²) in [5.74, 6) is 0.737. The summed E-state index contributed by atoms with van der Waals surface area (Å²) in [6, 6.07) is 25.0. The Morgan fingerprint density at radius 2 is 1.29 bits per heavy atom. The highest BCUT2D eigenvalue weighted by Crippen LogP contribution is 2.16. The Morgan fingerprint density at radius 1 is 0.774 bits per heavy atom. The number of benzene rings is 3. The minimum atomic E-state index is -3.92. The second-order valence-electron chi connectivity index (χ2n) is 7.86. The van der Waals surface area contributed by atoms with Crippen molar-refractivity contribution in [1.82, 2.24) is 5.32 Å². The number of hydrogen-bond donors (Lipinski definition) is 1. The number of nitrogens with one attached hydrogen (secondary N) is 1. The molecule has 3 rings (SSSR count). The third-order valence-electron chi connectivity index (χ3n) is 4.10. The standard InChI is InChI=1S/C24H24BrN3O2S/c1-24(2,3)27-22(19-14-16-20(25)17-15-19)26-23(18-10-6-4-7-11-18)28-31(29,30)21-12-8-5-9-13-21/h4-17H,1-3H3,(H,26,27,28). The third-order valence-corrected chi connectivity index (χ3v) is 5.92. The highest BCUT2D eigenvalue weighted by molar-refractivity contribution is 9.10. The SMILES string of the molecule is CC(C)(C)N=C(N/C(=N/S(=O)(=O)c1ccccc1)c1ccccc1)c1ccc(Br)cc1. The first-order valence-electron chi connectivity index (χ1n) is 9.72. The Morgan fingerprint density at radius 3 is 1.84 bits per heavy atom. The van der Waals surface area contributed by atoms with E-state index < -0.39 is 15.6 Å². The van der Waals surface area contributed by atoms with Gasteiger partial charge in [0, 0.05) is 15.6 Å². The molecule has 3 aromatic carbocycles. The number of nitrogens with zero attached hydrogens (tertiary/aromatic N) is 2. The normalized spacial score (nSPS) is 13.2. The van der Waals surface area contributed by atoms with Crippen LogP contribution in [-0.4, -0.2) is 25.6 Å². The fourth-order valence-corrected chi connectivity index (χ4v) is 3.99. The van der Waals surface area contributed by atoms with Crippen LogP contribution in [0, 0.1) is 0 Å². The van der Waals surface area contributed by atoms with Gasteiger partial charge in [0.1, 0.15) is 5.84 Å². The van der Waals surface area contributed by atoms with E-state index in [0.717, 1.165) is 10.0 Å². The molecule has 0 radical (unpaired) electrons. The molecule has 31 heavy (non-hydrogen) atoms. The minimum Gasteiger partial charge on any atom is -0.324 e. The van der Waals surface area contributed by atoms with Gasteiger partial charge in [0.2, 0.25) is 0 Å². The monoisotopic (exact) mass is 497 g/mol. The average Bonchev–Trinajstić information content (AvgIpc) is 2.73. The Hall–Kier alpha value is -2.77. The number of halogens is 1. The summed E-state index contributed by atoms with van der Waals surface area (Å²) in [6.07, 6.45) is 0. The molecule has 0 aliphatic carbocycles. The highest BCUT2D eigenvalue weighted by atomic mass is 79.9. The van der Waals surface area contributed by atoms with Gasteiger partial charge in [0.25, 0.3) is 10.0 Å². The van der Waals surface area contributed by atoms with Crippen molar-refractivity contribution in [3.8, 4) is 0 Å². The van der Waals surface area contributed by atoms with Crippen molar-refractivity contribution in [1.29, 1.82) is 0 Å². The summed E-state index contributed by atoms with van der Waals surface area (Å²) in [6.45, 7) is 5.94. The van der Waals surface area contributed by atoms with Gasteiger partial charge in [-0.2, -0.15) is 8.42 Å². The maximum atomic E-state index is 13.0. The molecule has 0 saturated carbocycles. The zero-order valence-corrected chi connectivity index (χ0v) is 20.0. The van der Waals surface area contributed by atoms with Crippen LogP contribution in [-0.2, 0) is 10.0 Å². The lowest BCUT2D eigenvalue weighted by molar-refractivity contribution is 0.582. The lowest BCUT2D eigenvalue weighted by Gasteiger charge is -2.19. The maximum absolute atomic E-state index is 13.0. The summed E-state index contributed by atoms with van der Waals surface area (Å²) in [4.78, 5) is 4.92. The van der Waals surface area contributed by atoms with Crippen LogP contribution < -0.4 is 5.32 Å². The molecule has 0 saturated heterocycles. The first-order valence-corrected chi connectivity index (χ1v) is 12.0. The van der Waals surface area contributed by atoms with E-state index in [0.29, 0.717) is 11.4 Å². The van der Waals surface area contributed by atoms with Gasteiger partial charge in [0.05, 0.1) is 10.4 Å². The second-order valence-corrected chi connectivity index (χ2v) is 10.4. The van der Waals surface area contributed by atoms with Crippen molar-refractivity contribution in [3.05, 3.63) is 101 Å². The molecule has 0 bridgehead atoms. The molecule has 0 aliphatic rings. The van der Waals surface area contributed by atoms with Gasteiger partial charge < -0.3 is 5.32 Å². The second kappa shape index (κ2) is 9.58. The predicted molar refractivity (Wildman–Crippen MR) is 130 cm³/mol. The number of rotatable bonds is 4. The van der Waals surface area contributed by atoms with Gasteiger partial charge in [-0.1, -0.05) is 76.6 Å². The summed E-state index contributed by atoms with van der Waals surface area (Å²) in [7, 11) is -3.92. The van der Waals surface area contributed by atoms with Crippen LogP contribution in [0.2, 0.25) is 0 Å². The molecule has 0 atom stereocenters. The lowest BCUT2D eigenvalue weighted by atomic mass is 10.1. The fraction of sp³-hybridized carbons (Fsp3) is 0.167. The molecule has 160 valence electrons. The topological polar surface area (TPSA) is 70.9 Å². The summed E-state index contributed by atoms with van der Waals surface area (Å²) < 4.78 is 31.1. The van der Waals surface area contributed by atoms with Gasteiger partial charge in [-0.05, 0) is 45.0 Å². The van der Waals surface area contributed by atoms with E-state index in [4.69, 9.17) is 4.99 Å². The van der Waals surface area contributed by atoms with E-state index in [2.05, 4.69) is 25.6 Å². The average molecular weight is 498 g/mol. The molecule has 0 spiro atoms. The molecular formula is C24H24BrN3O2S. The van der Waals surface area contributed by atoms with Crippen molar-refractivity contribution in [3.63, 3.8) is 0 Å². The maximum Gasteiger partial charge on any atom is 0.284 e. The van der Waals surface area contributed by atoms with Crippen molar-refractivity contribution >= 4 is 37.6 Å². The molecule has 1 N–H and O–H groups in total. The quantitative estimate of drug-likeness (QED) is 0.386. The zero-order chi connectivity index (χ0) is 22.5. The van der Waals surface area contributed by atoms with Gasteiger partial charge in [-0.3, -0.25) is 4.99 Å². The first kappa shape index (κ1) is 22.9. The molecule has 0 amide bonds. The molecule has 0 aliphatic heterocycles. The van der Waals surface area contributed by atoms with Gasteiger partial charge >= 0.3 is 0 Å². The van der Waals surface area contributed by atoms with Crippen molar-refractivity contribution in [2.75, 3.05) is 0 Å². The Kier molecular flexibility index (Phi) is 7.08. The Balaban J connectivity index is 2.13. The molecule has 5 nitrogen and oxygen atoms in total. The minimum absolute atomic E-state index is 0.128. The third kappa shape index (κ3) is 6.60. The zero-order valence-electron chi connectivity index (χ0n) is 17.6. The summed E-state index contributed by atoms with van der Waals surface area (Å²) in [5, 5.41) is 3.19. The van der Waals surface area contributed by atoms with Gasteiger partial charge in [-0.15, -0.1) is 4.40 Å². The van der Waals surface area contributed by atoms with Crippen LogP contribution in [0.4, 0.5) is 0 Å². The number of amidine groups is 2. The molecule has 7 heteroatoms. The fourth-order valence-electron chi connectivity index (χ4n) is 2.73. The van der Waals surface area contributed by atoms with Gasteiger partial charge in [0.15, 0.2) is 5.84 Å². The molecular weight excluding hydrogens is 474 g/mol. The van der Waals surface area contributed by atoms with Gasteiger partial charge in [-0.25, -0.2) is 0 Å². The Bertz CT molecular complexity index is 1180. The van der Waals surface area contributed by atoms with Crippen molar-refractivity contribution in [2.24, 2.45) is 9.39 Å². The number of sulfonamides is 1. The molecule has 0 fully saturated rings. The van der Waals surface area contributed by atoms with Crippen LogP contribution in [0.3, 0.4) is 0 Å². The van der Waals surface area contributed by atoms with E-state index in [1.54, 1.807) is 18.2 Å². The van der Waals surface area contributed by atoms with Crippen molar-refractivity contribution in [2.45, 2.75) is 31.2 Å². The van der Waals surface area contributed by atoms with E-state index in [9.17, 15) is 8.42 Å². The summed E-state index contributed by atoms with van der Waals surface area (Å²) >= 11 is 3.45. The summed E-state index contributed by atoms with van der Waals surface area (Å²) in [5.41, 5.74) is 1.06. The number of hydrogen-bond acceptors (Lipinski definition) is 3. The van der Waals surface area contributed by atoms with E-state index in [1.165, 1.54) is 12.1 Å². The van der Waals surface area contributed by atoms with Crippen LogP contribution >= 0.6 is 15.9 Å². The number of aliphatic imine (C=N–C) groups is 1. The predicted octanol–water partition coefficient (Wildman–Crippen LogP) is 5.42. The highest BCUT2D eigenvalue weighted by Gasteiger charge is 2.19. The van der Waals surface area contributed by atoms with Crippen molar-refractivity contribution < 1.29 is 8.42 Å². The smallest absolute Gasteiger partial charge is 0.284 e. The first-order chi connectivity index (χ1) is 14.6. The van der Waals surface area contributed by atoms with Crippen LogP contribution in [0.5, 0.6) is 0 Å². The van der Waals surface area contributed by atoms with Crippen LogP contribution in [0.25, 0.3) is 0 Å². The molecule has 0 unspecified atom stereocenters. The molecule has 3 aromatic rings. The van der Waals surface area contributed by atoms with Crippen LogP contribution in [0.15, 0.2) is 104 Å². The van der Waals surface area contributed by atoms with E-state index in [-0.39, 0.29) is 10.7 Å². The van der Waals surface area contributed by atoms with Crippen LogP contribution in [0.1, 0.15) is 31.9 Å². The van der Waals surface area contributed by atoms with E-state index >= 15 is 0 Å². The lowest BCUT2D eigenvalue weighted by Crippen LogP contribution is -2.35. The largest absolute Gasteiger partial charge is 0.324 e. The Labute approximate surface area is 192 Å². The van der Waals surface area contributed by atoms with E-state index in [1.807, 2.05) is 75.4 Å². The molecule has 0 aromatic heterocycles. The molecule has 0 heterocycles.